The van der Waals surface area contributed by atoms with E-state index < -0.39 is 0 Å². The first-order valence-electron chi connectivity index (χ1n) is 6.70. The van der Waals surface area contributed by atoms with Gasteiger partial charge >= 0.3 is 0 Å². The third kappa shape index (κ3) is 4.75. The van der Waals surface area contributed by atoms with Crippen LogP contribution in [0, 0.1) is 5.82 Å². The second kappa shape index (κ2) is 8.24. The molecule has 0 fully saturated rings. The van der Waals surface area contributed by atoms with E-state index in [2.05, 4.69) is 5.16 Å². The van der Waals surface area contributed by atoms with Crippen LogP contribution in [0.3, 0.4) is 0 Å². The average molecular weight is 340 g/mol. The van der Waals surface area contributed by atoms with E-state index in [9.17, 15) is 4.39 Å². The van der Waals surface area contributed by atoms with Gasteiger partial charge in [-0.2, -0.15) is 0 Å². The van der Waals surface area contributed by atoms with Gasteiger partial charge in [0.2, 0.25) is 0 Å². The number of ether oxygens (including phenoxy) is 3. The van der Waals surface area contributed by atoms with Crippen molar-refractivity contribution in [3.8, 4) is 17.2 Å². The van der Waals surface area contributed by atoms with Crippen LogP contribution in [0.25, 0.3) is 0 Å². The minimum Gasteiger partial charge on any atom is -0.493 e. The van der Waals surface area contributed by atoms with E-state index in [1.54, 1.807) is 12.1 Å². The predicted molar refractivity (Wildman–Crippen MR) is 84.8 cm³/mol. The molecule has 2 rings (SSSR count). The molecule has 0 saturated carbocycles. The van der Waals surface area contributed by atoms with Crippen LogP contribution in [-0.4, -0.2) is 31.7 Å². The zero-order chi connectivity index (χ0) is 16.7. The summed E-state index contributed by atoms with van der Waals surface area (Å²) in [6, 6.07) is 8.91. The molecule has 2 aromatic carbocycles. The van der Waals surface area contributed by atoms with E-state index in [1.807, 2.05) is 0 Å². The molecule has 0 atom stereocenters. The van der Waals surface area contributed by atoms with E-state index in [0.717, 1.165) is 0 Å². The maximum Gasteiger partial charge on any atom is 0.179 e. The third-order valence-electron chi connectivity index (χ3n) is 2.87. The summed E-state index contributed by atoms with van der Waals surface area (Å²) in [5.74, 6) is 1.00. The highest BCUT2D eigenvalue weighted by atomic mass is 35.5. The molecule has 0 unspecified atom stereocenters. The molecule has 2 aromatic rings. The number of nitrogens with zero attached hydrogens (tertiary/aromatic N) is 1. The van der Waals surface area contributed by atoms with Gasteiger partial charge in [-0.3, -0.25) is 0 Å². The van der Waals surface area contributed by atoms with Crippen molar-refractivity contribution < 1.29 is 23.8 Å². The Bertz CT molecular complexity index is 677. The first-order chi connectivity index (χ1) is 11.1. The molecule has 0 amide bonds. The second-order valence-electron chi connectivity index (χ2n) is 4.43. The lowest BCUT2D eigenvalue weighted by Crippen LogP contribution is -2.10. The lowest BCUT2D eigenvalue weighted by molar-refractivity contribution is 0.211. The summed E-state index contributed by atoms with van der Waals surface area (Å²) in [6.07, 6.45) is 1.23. The molecule has 0 aliphatic heterocycles. The number of benzene rings is 2. The van der Waals surface area contributed by atoms with Gasteiger partial charge in [-0.05, 0) is 36.4 Å². The number of rotatable bonds is 7. The van der Waals surface area contributed by atoms with Crippen molar-refractivity contribution >= 4 is 17.8 Å². The molecule has 0 heterocycles. The lowest BCUT2D eigenvalue weighted by Gasteiger charge is -2.13. The summed E-state index contributed by atoms with van der Waals surface area (Å²) in [6.45, 7) is 0.478. The number of hydrogen-bond donors (Lipinski definition) is 1. The average Bonchev–Trinajstić information content (AvgIpc) is 2.54. The number of hydrogen-bond acceptors (Lipinski definition) is 5. The zero-order valence-electron chi connectivity index (χ0n) is 12.3. The number of methoxy groups -OCH3 is 1. The van der Waals surface area contributed by atoms with Gasteiger partial charge in [-0.25, -0.2) is 4.39 Å². The Kier molecular flexibility index (Phi) is 6.05. The number of oxime groups is 1. The molecule has 0 aliphatic carbocycles. The Morgan fingerprint density at radius 2 is 1.87 bits per heavy atom. The Labute approximate surface area is 137 Å². The first-order valence-corrected chi connectivity index (χ1v) is 7.08. The van der Waals surface area contributed by atoms with Crippen molar-refractivity contribution in [1.82, 2.24) is 0 Å². The maximum atomic E-state index is 12.8. The largest absolute Gasteiger partial charge is 0.493 e. The highest BCUT2D eigenvalue weighted by Crippen LogP contribution is 2.36. The quantitative estimate of drug-likeness (QED) is 0.361. The SMILES string of the molecule is COc1cc(C=NO)cc(Cl)c1OCCOc1ccc(F)cc1. The topological polar surface area (TPSA) is 60.3 Å². The van der Waals surface area contributed by atoms with Gasteiger partial charge in [0.15, 0.2) is 11.5 Å². The van der Waals surface area contributed by atoms with Crippen LogP contribution < -0.4 is 14.2 Å². The van der Waals surface area contributed by atoms with Crippen LogP contribution in [0.5, 0.6) is 17.2 Å². The molecule has 7 heteroatoms. The first kappa shape index (κ1) is 16.9. The van der Waals surface area contributed by atoms with E-state index in [-0.39, 0.29) is 19.0 Å². The predicted octanol–water partition coefficient (Wildman–Crippen LogP) is 3.75. The summed E-state index contributed by atoms with van der Waals surface area (Å²) < 4.78 is 29.0. The summed E-state index contributed by atoms with van der Waals surface area (Å²) >= 11 is 6.13. The van der Waals surface area contributed by atoms with Gasteiger partial charge in [-0.15, -0.1) is 0 Å². The molecule has 0 aliphatic rings. The van der Waals surface area contributed by atoms with E-state index in [0.29, 0.717) is 27.8 Å². The smallest absolute Gasteiger partial charge is 0.179 e. The van der Waals surface area contributed by atoms with E-state index in [1.165, 1.54) is 37.6 Å². The van der Waals surface area contributed by atoms with Crippen LogP contribution in [0.15, 0.2) is 41.6 Å². The molecular weight excluding hydrogens is 325 g/mol. The molecule has 0 bridgehead atoms. The Morgan fingerprint density at radius 1 is 1.17 bits per heavy atom. The van der Waals surface area contributed by atoms with Crippen molar-refractivity contribution in [2.75, 3.05) is 20.3 Å². The van der Waals surface area contributed by atoms with Gasteiger partial charge < -0.3 is 19.4 Å². The standard InChI is InChI=1S/C16H15ClFNO4/c1-21-15-9-11(10-19-20)8-14(17)16(15)23-7-6-22-13-4-2-12(18)3-5-13/h2-5,8-10,20H,6-7H2,1H3. The third-order valence-corrected chi connectivity index (χ3v) is 3.15. The molecule has 23 heavy (non-hydrogen) atoms. The van der Waals surface area contributed by atoms with Crippen LogP contribution >= 0.6 is 11.6 Å². The highest BCUT2D eigenvalue weighted by molar-refractivity contribution is 6.32. The second-order valence-corrected chi connectivity index (χ2v) is 4.84. The number of halogens is 2. The van der Waals surface area contributed by atoms with Crippen LogP contribution in [0.4, 0.5) is 4.39 Å². The summed E-state index contributed by atoms with van der Waals surface area (Å²) in [7, 11) is 1.48. The van der Waals surface area contributed by atoms with Gasteiger partial charge in [0, 0.05) is 5.56 Å². The molecular formula is C16H15ClFNO4. The van der Waals surface area contributed by atoms with E-state index in [4.69, 9.17) is 31.0 Å². The Morgan fingerprint density at radius 3 is 2.52 bits per heavy atom. The molecule has 5 nitrogen and oxygen atoms in total. The van der Waals surface area contributed by atoms with Crippen molar-refractivity contribution in [2.24, 2.45) is 5.16 Å². The normalized spacial score (nSPS) is 10.7. The van der Waals surface area contributed by atoms with Crippen molar-refractivity contribution in [3.05, 3.63) is 52.8 Å². The Hall–Kier alpha value is -2.47. The Balaban J connectivity index is 1.95. The van der Waals surface area contributed by atoms with Crippen LogP contribution in [-0.2, 0) is 0 Å². The summed E-state index contributed by atoms with van der Waals surface area (Å²) in [5.41, 5.74) is 0.573. The minimum absolute atomic E-state index is 0.223. The van der Waals surface area contributed by atoms with Crippen LogP contribution in [0.2, 0.25) is 5.02 Å². The van der Waals surface area contributed by atoms with Crippen LogP contribution in [0.1, 0.15) is 5.56 Å². The van der Waals surface area contributed by atoms with E-state index >= 15 is 0 Å². The molecule has 0 aromatic heterocycles. The fraction of sp³-hybridized carbons (Fsp3) is 0.188. The fourth-order valence-corrected chi connectivity index (χ4v) is 2.13. The lowest BCUT2D eigenvalue weighted by atomic mass is 10.2. The summed E-state index contributed by atoms with van der Waals surface area (Å²) in [4.78, 5) is 0. The van der Waals surface area contributed by atoms with Gasteiger partial charge in [-0.1, -0.05) is 16.8 Å². The monoisotopic (exact) mass is 339 g/mol. The zero-order valence-corrected chi connectivity index (χ0v) is 13.1. The van der Waals surface area contributed by atoms with Crippen molar-refractivity contribution in [3.63, 3.8) is 0 Å². The maximum absolute atomic E-state index is 12.8. The minimum atomic E-state index is -0.323. The van der Waals surface area contributed by atoms with Gasteiger partial charge in [0.1, 0.15) is 24.8 Å². The van der Waals surface area contributed by atoms with Crippen molar-refractivity contribution in [2.45, 2.75) is 0 Å². The molecule has 1 N–H and O–H groups in total. The molecule has 0 saturated heterocycles. The molecule has 0 spiro atoms. The fourth-order valence-electron chi connectivity index (χ4n) is 1.86. The summed E-state index contributed by atoms with van der Waals surface area (Å²) in [5, 5.41) is 11.8. The van der Waals surface area contributed by atoms with Gasteiger partial charge in [0.05, 0.1) is 18.3 Å². The van der Waals surface area contributed by atoms with Gasteiger partial charge in [0.25, 0.3) is 0 Å². The highest BCUT2D eigenvalue weighted by Gasteiger charge is 2.11. The molecule has 122 valence electrons. The van der Waals surface area contributed by atoms with Crippen molar-refractivity contribution in [1.29, 1.82) is 0 Å². The molecule has 0 radical (unpaired) electrons.